The summed E-state index contributed by atoms with van der Waals surface area (Å²) in [5.74, 6) is 1.65. The Balaban J connectivity index is 1.92. The van der Waals surface area contributed by atoms with Gasteiger partial charge in [-0.3, -0.25) is 4.40 Å². The molecular formula is C18H15N3O. The van der Waals surface area contributed by atoms with E-state index in [0.717, 1.165) is 28.6 Å². The summed E-state index contributed by atoms with van der Waals surface area (Å²) in [6.07, 6.45) is 3.69. The Kier molecular flexibility index (Phi) is 2.93. The Bertz CT molecular complexity index is 908. The van der Waals surface area contributed by atoms with Crippen LogP contribution in [-0.2, 0) is 0 Å². The number of hydrogen-bond donors (Lipinski definition) is 1. The van der Waals surface area contributed by atoms with Crippen LogP contribution in [0.2, 0.25) is 0 Å². The van der Waals surface area contributed by atoms with Crippen LogP contribution in [0.3, 0.4) is 0 Å². The first-order valence-corrected chi connectivity index (χ1v) is 7.16. The maximum Gasteiger partial charge on any atom is 0.156 e. The summed E-state index contributed by atoms with van der Waals surface area (Å²) in [6, 6.07) is 18.0. The highest BCUT2D eigenvalue weighted by molar-refractivity contribution is 5.77. The molecule has 1 N–H and O–H groups in total. The Hall–Kier alpha value is -3.01. The van der Waals surface area contributed by atoms with E-state index in [1.165, 1.54) is 5.56 Å². The number of hydrogen-bond acceptors (Lipinski definition) is 3. The number of imidazole rings is 1. The lowest BCUT2D eigenvalue weighted by Crippen LogP contribution is -1.96. The number of fused-ring (bicyclic) bond motifs is 1. The predicted octanol–water partition coefficient (Wildman–Crippen LogP) is 4.65. The topological polar surface area (TPSA) is 42.5 Å². The van der Waals surface area contributed by atoms with Crippen molar-refractivity contribution < 1.29 is 4.42 Å². The Morgan fingerprint density at radius 3 is 2.68 bits per heavy atom. The Labute approximate surface area is 128 Å². The fourth-order valence-electron chi connectivity index (χ4n) is 2.51. The van der Waals surface area contributed by atoms with Gasteiger partial charge in [0.2, 0.25) is 0 Å². The number of pyridine rings is 1. The minimum atomic E-state index is 0.750. The summed E-state index contributed by atoms with van der Waals surface area (Å²) in [7, 11) is 0. The third kappa shape index (κ3) is 2.15. The minimum Gasteiger partial charge on any atom is -0.463 e. The highest BCUT2D eigenvalue weighted by Gasteiger charge is 2.16. The quantitative estimate of drug-likeness (QED) is 0.597. The van der Waals surface area contributed by atoms with Crippen molar-refractivity contribution in [2.45, 2.75) is 6.92 Å². The van der Waals surface area contributed by atoms with E-state index >= 15 is 0 Å². The number of para-hydroxylation sites is 1. The first-order chi connectivity index (χ1) is 10.8. The summed E-state index contributed by atoms with van der Waals surface area (Å²) in [5.41, 5.74) is 3.89. The molecule has 108 valence electrons. The van der Waals surface area contributed by atoms with E-state index in [2.05, 4.69) is 24.4 Å². The van der Waals surface area contributed by atoms with Gasteiger partial charge in [0.05, 0.1) is 6.26 Å². The van der Waals surface area contributed by atoms with Crippen LogP contribution in [-0.4, -0.2) is 9.38 Å². The number of rotatable bonds is 3. The van der Waals surface area contributed by atoms with E-state index < -0.39 is 0 Å². The molecule has 0 radical (unpaired) electrons. The standard InChI is InChI=1S/C18H15N3O/c1-13-9-10-21-16(12-13)20-17(15-8-5-11-22-15)18(21)19-14-6-3-2-4-7-14/h2-12,19H,1H3. The average molecular weight is 289 g/mol. The molecule has 0 unspecified atom stereocenters. The zero-order valence-corrected chi connectivity index (χ0v) is 12.2. The van der Waals surface area contributed by atoms with Crippen molar-refractivity contribution in [1.29, 1.82) is 0 Å². The highest BCUT2D eigenvalue weighted by Crippen LogP contribution is 2.31. The lowest BCUT2D eigenvalue weighted by atomic mass is 10.3. The molecule has 22 heavy (non-hydrogen) atoms. The molecule has 0 spiro atoms. The average Bonchev–Trinajstić information content (AvgIpc) is 3.16. The van der Waals surface area contributed by atoms with E-state index in [1.807, 2.05) is 53.1 Å². The van der Waals surface area contributed by atoms with Gasteiger partial charge in [-0.15, -0.1) is 0 Å². The summed E-state index contributed by atoms with van der Waals surface area (Å²) in [5, 5.41) is 3.44. The number of aromatic nitrogens is 2. The van der Waals surface area contributed by atoms with Crippen LogP contribution in [0.25, 0.3) is 17.1 Å². The molecule has 0 saturated heterocycles. The second-order valence-corrected chi connectivity index (χ2v) is 5.21. The molecule has 0 aliphatic heterocycles. The van der Waals surface area contributed by atoms with E-state index in [0.29, 0.717) is 0 Å². The number of furan rings is 1. The normalized spacial score (nSPS) is 11.0. The zero-order chi connectivity index (χ0) is 14.9. The lowest BCUT2D eigenvalue weighted by Gasteiger charge is -2.07. The van der Waals surface area contributed by atoms with Crippen LogP contribution in [0.1, 0.15) is 5.56 Å². The number of anilines is 2. The molecule has 3 aromatic heterocycles. The summed E-state index contributed by atoms with van der Waals surface area (Å²) < 4.78 is 7.58. The molecule has 4 nitrogen and oxygen atoms in total. The molecule has 0 saturated carbocycles. The van der Waals surface area contributed by atoms with Gasteiger partial charge in [0.25, 0.3) is 0 Å². The van der Waals surface area contributed by atoms with Crippen molar-refractivity contribution in [3.05, 3.63) is 72.6 Å². The number of aryl methyl sites for hydroxylation is 1. The second-order valence-electron chi connectivity index (χ2n) is 5.21. The highest BCUT2D eigenvalue weighted by atomic mass is 16.3. The Morgan fingerprint density at radius 2 is 1.91 bits per heavy atom. The first kappa shape index (κ1) is 12.7. The molecule has 3 heterocycles. The van der Waals surface area contributed by atoms with Crippen LogP contribution in [0.4, 0.5) is 11.5 Å². The minimum absolute atomic E-state index is 0.750. The van der Waals surface area contributed by atoms with Crippen LogP contribution >= 0.6 is 0 Å². The van der Waals surface area contributed by atoms with E-state index in [1.54, 1.807) is 6.26 Å². The zero-order valence-electron chi connectivity index (χ0n) is 12.2. The molecule has 4 heteroatoms. The van der Waals surface area contributed by atoms with Gasteiger partial charge in [-0.1, -0.05) is 18.2 Å². The molecule has 0 atom stereocenters. The van der Waals surface area contributed by atoms with Crippen molar-refractivity contribution in [2.24, 2.45) is 0 Å². The summed E-state index contributed by atoms with van der Waals surface area (Å²) >= 11 is 0. The third-order valence-corrected chi connectivity index (χ3v) is 3.57. The van der Waals surface area contributed by atoms with Gasteiger partial charge < -0.3 is 9.73 Å². The van der Waals surface area contributed by atoms with Crippen LogP contribution < -0.4 is 5.32 Å². The van der Waals surface area contributed by atoms with Crippen molar-refractivity contribution in [2.75, 3.05) is 5.32 Å². The molecular weight excluding hydrogens is 274 g/mol. The Morgan fingerprint density at radius 1 is 1.05 bits per heavy atom. The van der Waals surface area contributed by atoms with E-state index in [9.17, 15) is 0 Å². The van der Waals surface area contributed by atoms with Crippen molar-refractivity contribution in [1.82, 2.24) is 9.38 Å². The molecule has 0 bridgehead atoms. The molecule has 0 fully saturated rings. The van der Waals surface area contributed by atoms with Crippen LogP contribution in [0.15, 0.2) is 71.5 Å². The molecule has 0 amide bonds. The molecule has 0 aliphatic rings. The molecule has 4 aromatic rings. The third-order valence-electron chi connectivity index (χ3n) is 3.57. The molecule has 1 aromatic carbocycles. The molecule has 0 aliphatic carbocycles. The monoisotopic (exact) mass is 289 g/mol. The van der Waals surface area contributed by atoms with Crippen molar-refractivity contribution in [3.8, 4) is 11.5 Å². The fraction of sp³-hybridized carbons (Fsp3) is 0.0556. The van der Waals surface area contributed by atoms with Crippen LogP contribution in [0, 0.1) is 6.92 Å². The SMILES string of the molecule is Cc1ccn2c(Nc3ccccc3)c(-c3ccco3)nc2c1. The van der Waals surface area contributed by atoms with Gasteiger partial charge >= 0.3 is 0 Å². The van der Waals surface area contributed by atoms with Gasteiger partial charge in [0.1, 0.15) is 17.2 Å². The number of benzene rings is 1. The second kappa shape index (κ2) is 5.07. The van der Waals surface area contributed by atoms with Gasteiger partial charge in [-0.05, 0) is 48.9 Å². The van der Waals surface area contributed by atoms with Crippen molar-refractivity contribution in [3.63, 3.8) is 0 Å². The van der Waals surface area contributed by atoms with E-state index in [4.69, 9.17) is 9.40 Å². The first-order valence-electron chi connectivity index (χ1n) is 7.16. The fourth-order valence-corrected chi connectivity index (χ4v) is 2.51. The van der Waals surface area contributed by atoms with Gasteiger partial charge in [0, 0.05) is 11.9 Å². The number of nitrogens with one attached hydrogen (secondary N) is 1. The van der Waals surface area contributed by atoms with Gasteiger partial charge in [-0.25, -0.2) is 4.98 Å². The number of nitrogens with zero attached hydrogens (tertiary/aromatic N) is 2. The van der Waals surface area contributed by atoms with E-state index in [-0.39, 0.29) is 0 Å². The van der Waals surface area contributed by atoms with Crippen LogP contribution in [0.5, 0.6) is 0 Å². The van der Waals surface area contributed by atoms with Gasteiger partial charge in [-0.2, -0.15) is 0 Å². The lowest BCUT2D eigenvalue weighted by molar-refractivity contribution is 0.581. The van der Waals surface area contributed by atoms with Crippen molar-refractivity contribution >= 4 is 17.2 Å². The smallest absolute Gasteiger partial charge is 0.156 e. The maximum atomic E-state index is 5.54. The molecule has 4 rings (SSSR count). The maximum absolute atomic E-state index is 5.54. The largest absolute Gasteiger partial charge is 0.463 e. The predicted molar refractivity (Wildman–Crippen MR) is 87.4 cm³/mol. The van der Waals surface area contributed by atoms with Gasteiger partial charge in [0.15, 0.2) is 5.76 Å². The summed E-state index contributed by atoms with van der Waals surface area (Å²) in [6.45, 7) is 2.06. The summed E-state index contributed by atoms with van der Waals surface area (Å²) in [4.78, 5) is 4.72.